The summed E-state index contributed by atoms with van der Waals surface area (Å²) in [6.45, 7) is 13.8. The molecule has 9 rings (SSSR count). The van der Waals surface area contributed by atoms with Gasteiger partial charge in [-0.2, -0.15) is 0 Å². The molecule has 8 N–H and O–H groups in total. The molecule has 8 aliphatic rings. The lowest BCUT2D eigenvalue weighted by Gasteiger charge is -2.63. The number of carbonyl (C=O) groups excluding carboxylic acids is 2. The lowest BCUT2D eigenvalue weighted by atomic mass is 9.43. The number of aliphatic carboxylic acids is 2. The first-order chi connectivity index (χ1) is 34.1. The molecule has 0 saturated heterocycles. The molecule has 72 heavy (non-hydrogen) atoms. The number of carboxylic acid groups (broad SMARTS) is 2. The maximum Gasteiger partial charge on any atom is 0.407 e. The average Bonchev–Trinajstić information content (AvgIpc) is 3.88. The zero-order chi connectivity index (χ0) is 51.7. The van der Waals surface area contributed by atoms with Gasteiger partial charge in [0.15, 0.2) is 0 Å². The van der Waals surface area contributed by atoms with Crippen LogP contribution in [-0.2, 0) is 32.2 Å². The number of alkyl carbamates (subject to hydrolysis) is 2. The Morgan fingerprint density at radius 3 is 1.38 bits per heavy atom. The minimum Gasteiger partial charge on any atom is -0.481 e. The lowest BCUT2D eigenvalue weighted by Crippen LogP contribution is -2.62. The first-order valence-electron chi connectivity index (χ1n) is 28.2. The molecule has 0 bridgehead atoms. The normalized spacial score (nSPS) is 44.8. The van der Waals surface area contributed by atoms with E-state index in [1.54, 1.807) is 0 Å². The van der Waals surface area contributed by atoms with Gasteiger partial charge >= 0.3 is 24.1 Å². The topological polar surface area (TPSA) is 232 Å². The van der Waals surface area contributed by atoms with E-state index >= 15 is 0 Å². The fourth-order valence-electron chi connectivity index (χ4n) is 19.1. The van der Waals surface area contributed by atoms with E-state index in [1.165, 1.54) is 0 Å². The summed E-state index contributed by atoms with van der Waals surface area (Å²) in [5.74, 6) is 0.426. The Balaban J connectivity index is 0.723. The third-order valence-corrected chi connectivity index (χ3v) is 23.0. The number of ether oxygens (including phenoxy) is 2. The van der Waals surface area contributed by atoms with Crippen molar-refractivity contribution >= 4 is 24.1 Å². The second-order valence-electron chi connectivity index (χ2n) is 26.1. The summed E-state index contributed by atoms with van der Waals surface area (Å²) in [5.41, 5.74) is 0.844. The maximum absolute atomic E-state index is 13.3. The fourth-order valence-corrected chi connectivity index (χ4v) is 19.1. The van der Waals surface area contributed by atoms with E-state index in [4.69, 9.17) is 9.47 Å². The monoisotopic (exact) mass is 1000 g/mol. The molecule has 1 aromatic carbocycles. The van der Waals surface area contributed by atoms with Crippen molar-refractivity contribution in [1.82, 2.24) is 10.6 Å². The van der Waals surface area contributed by atoms with Crippen molar-refractivity contribution in [2.45, 2.75) is 207 Å². The van der Waals surface area contributed by atoms with Gasteiger partial charge in [0.25, 0.3) is 0 Å². The average molecular weight is 1010 g/mol. The van der Waals surface area contributed by atoms with Crippen LogP contribution in [0.2, 0.25) is 0 Å². The van der Waals surface area contributed by atoms with Crippen molar-refractivity contribution in [2.24, 2.45) is 92.7 Å². The number of aliphatic hydroxyl groups is 4. The summed E-state index contributed by atoms with van der Waals surface area (Å²) in [7, 11) is 0. The van der Waals surface area contributed by atoms with Gasteiger partial charge in [-0.1, -0.05) is 65.8 Å². The molecule has 14 nitrogen and oxygen atoms in total. The summed E-state index contributed by atoms with van der Waals surface area (Å²) in [6, 6.07) is 7.68. The van der Waals surface area contributed by atoms with Crippen LogP contribution in [0.3, 0.4) is 0 Å². The molecule has 0 unspecified atom stereocenters. The number of hydrogen-bond donors (Lipinski definition) is 8. The Kier molecular flexibility index (Phi) is 15.3. The predicted octanol–water partition coefficient (Wildman–Crippen LogP) is 9.08. The van der Waals surface area contributed by atoms with Crippen LogP contribution in [0.4, 0.5) is 9.59 Å². The highest BCUT2D eigenvalue weighted by atomic mass is 16.6. The number of amides is 2. The molecule has 1 aromatic rings. The van der Waals surface area contributed by atoms with Crippen molar-refractivity contribution in [1.29, 1.82) is 0 Å². The van der Waals surface area contributed by atoms with Crippen LogP contribution in [0.25, 0.3) is 0 Å². The highest BCUT2D eigenvalue weighted by molar-refractivity contribution is 5.68. The minimum absolute atomic E-state index is 0.0887. The smallest absolute Gasteiger partial charge is 0.407 e. The van der Waals surface area contributed by atoms with Crippen molar-refractivity contribution in [2.75, 3.05) is 0 Å². The summed E-state index contributed by atoms with van der Waals surface area (Å²) in [5, 5.41) is 72.2. The van der Waals surface area contributed by atoms with E-state index in [1.807, 2.05) is 24.3 Å². The van der Waals surface area contributed by atoms with Gasteiger partial charge in [-0.15, -0.1) is 0 Å². The van der Waals surface area contributed by atoms with Gasteiger partial charge < -0.3 is 50.7 Å². The molecule has 2 amide bonds. The summed E-state index contributed by atoms with van der Waals surface area (Å²) in [6.07, 6.45) is 8.72. The third-order valence-electron chi connectivity index (χ3n) is 23.0. The molecule has 8 saturated carbocycles. The molecule has 8 aliphatic carbocycles. The number of carbonyl (C=O) groups is 4. The van der Waals surface area contributed by atoms with Crippen LogP contribution < -0.4 is 10.6 Å². The van der Waals surface area contributed by atoms with Gasteiger partial charge in [-0.25, -0.2) is 9.59 Å². The van der Waals surface area contributed by atoms with Gasteiger partial charge in [0.05, 0.1) is 24.4 Å². The molecule has 0 spiro atoms. The number of nitrogens with one attached hydrogen (secondary N) is 2. The molecule has 22 atom stereocenters. The van der Waals surface area contributed by atoms with Crippen molar-refractivity contribution in [3.63, 3.8) is 0 Å². The Bertz CT molecular complexity index is 2010. The van der Waals surface area contributed by atoms with Crippen molar-refractivity contribution < 1.29 is 59.3 Å². The number of hydrogen-bond acceptors (Lipinski definition) is 10. The number of aliphatic hydroxyl groups excluding tert-OH is 4. The molecular weight excluding hydrogens is 917 g/mol. The Labute approximate surface area is 427 Å². The molecule has 8 fully saturated rings. The minimum atomic E-state index is -0.787. The first-order valence-corrected chi connectivity index (χ1v) is 28.2. The quantitative estimate of drug-likeness (QED) is 0.0872. The fraction of sp³-hybridized carbons (Fsp3) is 0.828. The Morgan fingerprint density at radius 1 is 0.583 bits per heavy atom. The second kappa shape index (κ2) is 20.6. The highest BCUT2D eigenvalue weighted by Gasteiger charge is 2.68. The molecule has 402 valence electrons. The largest absolute Gasteiger partial charge is 0.481 e. The molecule has 14 heteroatoms. The van der Waals surface area contributed by atoms with E-state index in [0.717, 1.165) is 62.5 Å². The number of rotatable bonds is 14. The Morgan fingerprint density at radius 2 is 0.986 bits per heavy atom. The zero-order valence-electron chi connectivity index (χ0n) is 44.0. The van der Waals surface area contributed by atoms with Crippen LogP contribution in [0.15, 0.2) is 24.3 Å². The highest BCUT2D eigenvalue weighted by Crippen LogP contribution is 2.70. The van der Waals surface area contributed by atoms with E-state index in [9.17, 15) is 49.8 Å². The third kappa shape index (κ3) is 9.60. The van der Waals surface area contributed by atoms with Crippen LogP contribution >= 0.6 is 0 Å². The molecule has 0 heterocycles. The van der Waals surface area contributed by atoms with Gasteiger partial charge in [-0.3, -0.25) is 9.59 Å². The summed E-state index contributed by atoms with van der Waals surface area (Å²) < 4.78 is 12.1. The van der Waals surface area contributed by atoms with Gasteiger partial charge in [0.1, 0.15) is 12.2 Å². The van der Waals surface area contributed by atoms with Crippen LogP contribution in [-0.4, -0.2) is 91.4 Å². The Hall–Kier alpha value is -3.46. The predicted molar refractivity (Wildman–Crippen MR) is 269 cm³/mol. The number of fused-ring (bicyclic) bond motifs is 10. The van der Waals surface area contributed by atoms with E-state index in [2.05, 4.69) is 52.2 Å². The molecular formula is C58H88N2O12. The maximum atomic E-state index is 13.3. The summed E-state index contributed by atoms with van der Waals surface area (Å²) >= 11 is 0. The van der Waals surface area contributed by atoms with E-state index in [-0.39, 0.29) is 131 Å². The summed E-state index contributed by atoms with van der Waals surface area (Å²) in [4.78, 5) is 49.3. The van der Waals surface area contributed by atoms with Crippen LogP contribution in [0.1, 0.15) is 168 Å². The van der Waals surface area contributed by atoms with Gasteiger partial charge in [0.2, 0.25) is 0 Å². The first kappa shape index (κ1) is 53.4. The second-order valence-corrected chi connectivity index (χ2v) is 26.1. The SMILES string of the molecule is C[C@H](CCC(=O)O)[C@H]1CC[C@H]2[C@@H]3[C@H](O)C[C@@H]4C[C@H](OC(=O)NCc5cccc(CNC(=O)O[C@@H]6CC[C@@]7(C)[C@@H](C6)C[C@@H](O)[C@@H]6[C@@H]7C[C@H](O)[C@]7(C)[C@@H]([C@H](C)CCC(=O)O)CC[C@@H]67)c5)CC[C@]4(C)[C@H]3C[C@H](O)[C@]12C. The number of carboxylic acids is 2. The lowest BCUT2D eigenvalue weighted by molar-refractivity contribution is -0.207. The molecule has 0 aromatic heterocycles. The van der Waals surface area contributed by atoms with Crippen LogP contribution in [0, 0.1) is 92.7 Å². The van der Waals surface area contributed by atoms with Gasteiger partial charge in [0, 0.05) is 25.9 Å². The van der Waals surface area contributed by atoms with Crippen LogP contribution in [0.5, 0.6) is 0 Å². The van der Waals surface area contributed by atoms with Crippen molar-refractivity contribution in [3.05, 3.63) is 35.4 Å². The number of benzene rings is 1. The standard InChI is InChI=1S/C58H88N2O12/c1-31(10-16-49(65)66)39-12-14-41-51-43(27-47(63)57(39,41)5)55(3)20-18-37(23-35(55)25-45(51)61)71-53(69)59-29-33-8-7-9-34(22-33)30-60-54(70)72-38-19-21-56(4)36(24-38)26-46(62)52-42-15-13-40(32(2)11-17-50(67)68)58(42,6)48(64)28-44(52)56/h7-9,22,31-32,35-48,51-52,61-64H,10-21,23-30H2,1-6H3,(H,59,69)(H,60,70)(H,65,66)(H,67,68)/t31-,32-,35+,36+,37-,38-,39-,40-,41+,42+,43+,44+,45-,46-,47+,48+,51+,52+,55+,56+,57-,58-/m1/s1. The zero-order valence-corrected chi connectivity index (χ0v) is 44.0. The molecule has 0 radical (unpaired) electrons. The van der Waals surface area contributed by atoms with Gasteiger partial charge in [-0.05, 0) is 207 Å². The molecule has 0 aliphatic heterocycles. The van der Waals surface area contributed by atoms with E-state index in [0.29, 0.717) is 51.4 Å². The van der Waals surface area contributed by atoms with Crippen molar-refractivity contribution in [3.8, 4) is 0 Å². The van der Waals surface area contributed by atoms with E-state index < -0.39 is 48.5 Å².